The molecule has 0 bridgehead atoms. The molecule has 1 rings (SSSR count). The summed E-state index contributed by atoms with van der Waals surface area (Å²) in [6.45, 7) is 3.70. The van der Waals surface area contributed by atoms with E-state index in [1.165, 1.54) is 6.08 Å². The quantitative estimate of drug-likeness (QED) is 0.416. The van der Waals surface area contributed by atoms with E-state index in [2.05, 4.69) is 0 Å². The molecule has 0 aromatic rings. The number of rotatable bonds is 14. The van der Waals surface area contributed by atoms with Crippen molar-refractivity contribution in [2.45, 2.75) is 84.0 Å². The molecule has 4 nitrogen and oxygen atoms in total. The molecule has 0 heterocycles. The number of alkyl halides is 2. The number of Topliss-reactive ketones (excluding diaryl/α,β-unsaturated/α-hetero) is 1. The van der Waals surface area contributed by atoms with Gasteiger partial charge in [0, 0.05) is 25.2 Å². The molecule has 0 fully saturated rings. The highest BCUT2D eigenvalue weighted by Crippen LogP contribution is 2.33. The lowest BCUT2D eigenvalue weighted by Gasteiger charge is -2.20. The maximum atomic E-state index is 13.9. The van der Waals surface area contributed by atoms with Crippen molar-refractivity contribution >= 4 is 17.5 Å². The SMILES string of the molecule is CC(C)CCC(F)(F)C(=O)CC[C@@H]1C=CC(=O)[C@@H]1CCCCCCC(=O)O. The molecule has 27 heavy (non-hydrogen) atoms. The summed E-state index contributed by atoms with van der Waals surface area (Å²) >= 11 is 0. The van der Waals surface area contributed by atoms with E-state index in [1.54, 1.807) is 6.08 Å². The average molecular weight is 386 g/mol. The van der Waals surface area contributed by atoms with Crippen LogP contribution in [0.3, 0.4) is 0 Å². The zero-order valence-electron chi connectivity index (χ0n) is 16.4. The Morgan fingerprint density at radius 1 is 1.11 bits per heavy atom. The summed E-state index contributed by atoms with van der Waals surface area (Å²) in [4.78, 5) is 34.4. The van der Waals surface area contributed by atoms with Crippen LogP contribution in [0.15, 0.2) is 12.2 Å². The molecular weight excluding hydrogens is 354 g/mol. The maximum absolute atomic E-state index is 13.9. The molecule has 0 radical (unpaired) electrons. The zero-order chi connectivity index (χ0) is 20.4. The van der Waals surface area contributed by atoms with E-state index in [4.69, 9.17) is 5.11 Å². The van der Waals surface area contributed by atoms with Gasteiger partial charge in [-0.1, -0.05) is 39.2 Å². The highest BCUT2D eigenvalue weighted by Gasteiger charge is 2.38. The minimum absolute atomic E-state index is 0.00422. The number of hydrogen-bond donors (Lipinski definition) is 1. The molecule has 154 valence electrons. The lowest BCUT2D eigenvalue weighted by Crippen LogP contribution is -2.29. The van der Waals surface area contributed by atoms with E-state index < -0.39 is 24.1 Å². The van der Waals surface area contributed by atoms with Crippen LogP contribution in [0, 0.1) is 17.8 Å². The standard InChI is InChI=1S/C21H32F2O4/c1-15(2)13-14-21(22,23)19(25)12-10-16-9-11-18(24)17(16)7-5-3-4-6-8-20(26)27/h9,11,15-17H,3-8,10,12-14H2,1-2H3,(H,26,27)/t16-,17+/m0/s1. The molecule has 1 aliphatic carbocycles. The largest absolute Gasteiger partial charge is 0.481 e. The first-order chi connectivity index (χ1) is 12.6. The predicted octanol–water partition coefficient (Wildman–Crippen LogP) is 5.20. The van der Waals surface area contributed by atoms with Crippen molar-refractivity contribution in [3.05, 3.63) is 12.2 Å². The number of aliphatic carboxylic acids is 1. The second-order valence-electron chi connectivity index (χ2n) is 7.98. The first kappa shape index (κ1) is 23.4. The van der Waals surface area contributed by atoms with Crippen LogP contribution >= 0.6 is 0 Å². The number of carboxylic acid groups (broad SMARTS) is 1. The number of allylic oxidation sites excluding steroid dienone is 2. The molecule has 0 aromatic heterocycles. The molecule has 1 N–H and O–H groups in total. The van der Waals surface area contributed by atoms with Gasteiger partial charge in [0.25, 0.3) is 0 Å². The Hall–Kier alpha value is -1.59. The molecular formula is C21H32F2O4. The van der Waals surface area contributed by atoms with Crippen LogP contribution in [0.2, 0.25) is 0 Å². The van der Waals surface area contributed by atoms with Gasteiger partial charge in [0.05, 0.1) is 0 Å². The minimum atomic E-state index is -3.28. The number of ketones is 2. The Bertz CT molecular complexity index is 540. The Balaban J connectivity index is 2.37. The summed E-state index contributed by atoms with van der Waals surface area (Å²) in [6, 6.07) is 0. The van der Waals surface area contributed by atoms with Gasteiger partial charge in [-0.3, -0.25) is 14.4 Å². The van der Waals surface area contributed by atoms with Crippen LogP contribution < -0.4 is 0 Å². The normalized spacial score (nSPS) is 19.8. The van der Waals surface area contributed by atoms with Crippen LogP contribution in [0.5, 0.6) is 0 Å². The van der Waals surface area contributed by atoms with Gasteiger partial charge in [0.1, 0.15) is 0 Å². The van der Waals surface area contributed by atoms with E-state index >= 15 is 0 Å². The third kappa shape index (κ3) is 8.76. The van der Waals surface area contributed by atoms with Crippen molar-refractivity contribution in [3.63, 3.8) is 0 Å². The fraction of sp³-hybridized carbons (Fsp3) is 0.762. The van der Waals surface area contributed by atoms with Gasteiger partial charge < -0.3 is 5.11 Å². The van der Waals surface area contributed by atoms with Gasteiger partial charge >= 0.3 is 11.9 Å². The number of carbonyl (C=O) groups excluding carboxylic acids is 2. The van der Waals surface area contributed by atoms with Gasteiger partial charge in [-0.15, -0.1) is 0 Å². The van der Waals surface area contributed by atoms with E-state index in [-0.39, 0.29) is 42.8 Å². The second-order valence-corrected chi connectivity index (χ2v) is 7.98. The topological polar surface area (TPSA) is 71.4 Å². The van der Waals surface area contributed by atoms with Gasteiger partial charge in [-0.25, -0.2) is 0 Å². The molecule has 0 saturated heterocycles. The molecule has 1 aliphatic rings. The lowest BCUT2D eigenvalue weighted by atomic mass is 9.85. The number of carboxylic acids is 1. The van der Waals surface area contributed by atoms with E-state index in [0.29, 0.717) is 19.3 Å². The van der Waals surface area contributed by atoms with Gasteiger partial charge in [0.2, 0.25) is 5.78 Å². The summed E-state index contributed by atoms with van der Waals surface area (Å²) in [6.07, 6.45) is 7.09. The zero-order valence-corrected chi connectivity index (χ0v) is 16.4. The van der Waals surface area contributed by atoms with E-state index in [9.17, 15) is 23.2 Å². The van der Waals surface area contributed by atoms with Gasteiger partial charge in [-0.2, -0.15) is 8.78 Å². The third-order valence-corrected chi connectivity index (χ3v) is 5.19. The van der Waals surface area contributed by atoms with E-state index in [0.717, 1.165) is 19.3 Å². The minimum Gasteiger partial charge on any atom is -0.481 e. The molecule has 0 unspecified atom stereocenters. The number of hydrogen-bond acceptors (Lipinski definition) is 3. The van der Waals surface area contributed by atoms with E-state index in [1.807, 2.05) is 13.8 Å². The van der Waals surface area contributed by atoms with Crippen LogP contribution in [0.25, 0.3) is 0 Å². The fourth-order valence-corrected chi connectivity index (χ4v) is 3.42. The number of carbonyl (C=O) groups is 3. The van der Waals surface area contributed by atoms with Crippen LogP contribution in [0.1, 0.15) is 78.1 Å². The smallest absolute Gasteiger partial charge is 0.305 e. The summed E-state index contributed by atoms with van der Waals surface area (Å²) in [5.41, 5.74) is 0. The highest BCUT2D eigenvalue weighted by molar-refractivity contribution is 5.94. The van der Waals surface area contributed by atoms with Crippen molar-refractivity contribution < 1.29 is 28.3 Å². The lowest BCUT2D eigenvalue weighted by molar-refractivity contribution is -0.144. The van der Waals surface area contributed by atoms with Gasteiger partial charge in [0.15, 0.2) is 5.78 Å². The van der Waals surface area contributed by atoms with Crippen LogP contribution in [-0.4, -0.2) is 28.6 Å². The first-order valence-corrected chi connectivity index (χ1v) is 9.98. The monoisotopic (exact) mass is 386 g/mol. The number of unbranched alkanes of at least 4 members (excludes halogenated alkanes) is 3. The molecule has 0 amide bonds. The van der Waals surface area contributed by atoms with Crippen molar-refractivity contribution in [2.24, 2.45) is 17.8 Å². The Morgan fingerprint density at radius 3 is 2.41 bits per heavy atom. The van der Waals surface area contributed by atoms with Crippen molar-refractivity contribution in [2.75, 3.05) is 0 Å². The van der Waals surface area contributed by atoms with Crippen molar-refractivity contribution in [3.8, 4) is 0 Å². The third-order valence-electron chi connectivity index (χ3n) is 5.19. The molecule has 0 spiro atoms. The first-order valence-electron chi connectivity index (χ1n) is 9.98. The highest BCUT2D eigenvalue weighted by atomic mass is 19.3. The Morgan fingerprint density at radius 2 is 1.78 bits per heavy atom. The van der Waals surface area contributed by atoms with Gasteiger partial charge in [-0.05, 0) is 43.6 Å². The summed E-state index contributed by atoms with van der Waals surface area (Å²) in [5.74, 6) is -5.37. The summed E-state index contributed by atoms with van der Waals surface area (Å²) in [5, 5.41) is 8.60. The molecule has 6 heteroatoms. The molecule has 0 aromatic carbocycles. The van der Waals surface area contributed by atoms with Crippen molar-refractivity contribution in [1.29, 1.82) is 0 Å². The van der Waals surface area contributed by atoms with Crippen LogP contribution in [-0.2, 0) is 14.4 Å². The Labute approximate surface area is 160 Å². The number of halogens is 2. The fourth-order valence-electron chi connectivity index (χ4n) is 3.42. The average Bonchev–Trinajstić information content (AvgIpc) is 2.93. The maximum Gasteiger partial charge on any atom is 0.305 e. The molecule has 0 aliphatic heterocycles. The molecule has 0 saturated carbocycles. The summed E-state index contributed by atoms with van der Waals surface area (Å²) < 4.78 is 27.9. The second kappa shape index (κ2) is 11.3. The van der Waals surface area contributed by atoms with Crippen molar-refractivity contribution in [1.82, 2.24) is 0 Å². The molecule has 2 atom stereocenters. The summed E-state index contributed by atoms with van der Waals surface area (Å²) in [7, 11) is 0. The van der Waals surface area contributed by atoms with Crippen LogP contribution in [0.4, 0.5) is 8.78 Å². The Kier molecular flexibility index (Phi) is 9.81. The predicted molar refractivity (Wildman–Crippen MR) is 99.7 cm³/mol.